The predicted octanol–water partition coefficient (Wildman–Crippen LogP) is 4.41. The molecular formula is C22H24N6OS. The van der Waals surface area contributed by atoms with Gasteiger partial charge in [0.05, 0.1) is 5.57 Å². The summed E-state index contributed by atoms with van der Waals surface area (Å²) in [6.45, 7) is 6.00. The normalized spacial score (nSPS) is 15.5. The lowest BCUT2D eigenvalue weighted by Crippen LogP contribution is -2.31. The first kappa shape index (κ1) is 20.2. The molecule has 1 amide bonds. The van der Waals surface area contributed by atoms with Gasteiger partial charge in [-0.05, 0) is 49.6 Å². The van der Waals surface area contributed by atoms with Gasteiger partial charge in [-0.3, -0.25) is 9.78 Å². The minimum atomic E-state index is -0.392. The first-order chi connectivity index (χ1) is 14.6. The highest BCUT2D eigenvalue weighted by Crippen LogP contribution is 2.36. The Kier molecular flexibility index (Phi) is 5.85. The highest BCUT2D eigenvalue weighted by Gasteiger charge is 2.34. The van der Waals surface area contributed by atoms with E-state index in [-0.39, 0.29) is 5.91 Å². The van der Waals surface area contributed by atoms with Crippen LogP contribution >= 0.6 is 11.8 Å². The summed E-state index contributed by atoms with van der Waals surface area (Å²) in [5.74, 6) is 1.41. The lowest BCUT2D eigenvalue weighted by Gasteiger charge is -2.28. The number of pyridine rings is 1. The molecule has 1 aliphatic rings. The van der Waals surface area contributed by atoms with Gasteiger partial charge in [0.1, 0.15) is 6.04 Å². The van der Waals surface area contributed by atoms with Crippen molar-refractivity contribution in [1.82, 2.24) is 19.7 Å². The van der Waals surface area contributed by atoms with E-state index < -0.39 is 6.04 Å². The maximum absolute atomic E-state index is 13.4. The molecule has 2 N–H and O–H groups in total. The van der Waals surface area contributed by atoms with Crippen LogP contribution in [0.3, 0.4) is 0 Å². The van der Waals surface area contributed by atoms with Gasteiger partial charge in [-0.1, -0.05) is 36.9 Å². The number of carbonyl (C=O) groups is 1. The predicted molar refractivity (Wildman–Crippen MR) is 120 cm³/mol. The summed E-state index contributed by atoms with van der Waals surface area (Å²) >= 11 is 1.61. The minimum Gasteiger partial charge on any atom is -0.328 e. The molecule has 0 spiro atoms. The van der Waals surface area contributed by atoms with Crippen molar-refractivity contribution in [3.05, 3.63) is 71.2 Å². The third-order valence-corrected chi connectivity index (χ3v) is 5.97. The van der Waals surface area contributed by atoms with Gasteiger partial charge in [0, 0.05) is 29.5 Å². The first-order valence-corrected chi connectivity index (χ1v) is 10.9. The number of hydrogen-bond acceptors (Lipinski definition) is 6. The second kappa shape index (κ2) is 8.71. The largest absolute Gasteiger partial charge is 0.328 e. The summed E-state index contributed by atoms with van der Waals surface area (Å²) in [6.07, 6.45) is 4.50. The van der Waals surface area contributed by atoms with Crippen LogP contribution in [0.25, 0.3) is 0 Å². The first-order valence-electron chi connectivity index (χ1n) is 9.92. The zero-order valence-electron chi connectivity index (χ0n) is 17.2. The second-order valence-corrected chi connectivity index (χ2v) is 8.19. The molecular weight excluding hydrogens is 396 g/mol. The van der Waals surface area contributed by atoms with Crippen LogP contribution in [0.2, 0.25) is 0 Å². The van der Waals surface area contributed by atoms with E-state index in [1.807, 2.05) is 50.2 Å². The number of thioether (sulfide) groups is 1. The molecule has 3 aromatic rings. The van der Waals surface area contributed by atoms with Crippen molar-refractivity contribution in [2.75, 3.05) is 16.4 Å². The molecule has 30 heavy (non-hydrogen) atoms. The fourth-order valence-corrected chi connectivity index (χ4v) is 4.12. The molecule has 8 heteroatoms. The van der Waals surface area contributed by atoms with E-state index >= 15 is 0 Å². The number of hydrogen-bond donors (Lipinski definition) is 2. The molecule has 0 saturated carbocycles. The Labute approximate surface area is 180 Å². The molecule has 0 saturated heterocycles. The number of rotatable bonds is 6. The number of aromatic nitrogens is 4. The number of carbonyl (C=O) groups excluding carboxylic acids is 1. The van der Waals surface area contributed by atoms with Gasteiger partial charge in [-0.2, -0.15) is 4.98 Å². The highest BCUT2D eigenvalue weighted by molar-refractivity contribution is 7.99. The fourth-order valence-electron chi connectivity index (χ4n) is 3.44. The van der Waals surface area contributed by atoms with Crippen LogP contribution in [0.5, 0.6) is 0 Å². The summed E-state index contributed by atoms with van der Waals surface area (Å²) in [7, 11) is 0. The number of allylic oxidation sites excluding steroid dienone is 1. The molecule has 1 aromatic carbocycles. The Morgan fingerprint density at radius 1 is 1.20 bits per heavy atom. The Balaban J connectivity index is 1.75. The van der Waals surface area contributed by atoms with Gasteiger partial charge < -0.3 is 10.6 Å². The molecule has 1 atom stereocenters. The molecule has 3 heterocycles. The maximum Gasteiger partial charge on any atom is 0.255 e. The van der Waals surface area contributed by atoms with Gasteiger partial charge in [0.15, 0.2) is 0 Å². The summed E-state index contributed by atoms with van der Waals surface area (Å²) in [5.41, 5.74) is 4.09. The molecule has 7 nitrogen and oxygen atoms in total. The van der Waals surface area contributed by atoms with Gasteiger partial charge in [0.2, 0.25) is 11.1 Å². The van der Waals surface area contributed by atoms with Crippen LogP contribution in [-0.2, 0) is 4.79 Å². The van der Waals surface area contributed by atoms with Crippen LogP contribution in [0.1, 0.15) is 37.4 Å². The Hall–Kier alpha value is -3.13. The quantitative estimate of drug-likeness (QED) is 0.575. The highest BCUT2D eigenvalue weighted by atomic mass is 32.2. The second-order valence-electron chi connectivity index (χ2n) is 7.13. The van der Waals surface area contributed by atoms with Crippen molar-refractivity contribution >= 4 is 29.3 Å². The third kappa shape index (κ3) is 3.95. The SMILES string of the molecule is CCCSc1nc2n(n1)C(c1ccncc1)C(C(=O)Nc1ccccc1C)=C(C)N2. The number of nitrogens with zero attached hydrogens (tertiary/aromatic N) is 4. The van der Waals surface area contributed by atoms with E-state index in [9.17, 15) is 4.79 Å². The van der Waals surface area contributed by atoms with Crippen LogP contribution in [0.15, 0.2) is 65.2 Å². The summed E-state index contributed by atoms with van der Waals surface area (Å²) in [6, 6.07) is 11.2. The van der Waals surface area contributed by atoms with E-state index in [1.165, 1.54) is 0 Å². The number of fused-ring (bicyclic) bond motifs is 1. The molecule has 4 rings (SSSR count). The molecule has 2 aromatic heterocycles. The minimum absolute atomic E-state index is 0.167. The van der Waals surface area contributed by atoms with Gasteiger partial charge in [-0.25, -0.2) is 4.68 Å². The smallest absolute Gasteiger partial charge is 0.255 e. The summed E-state index contributed by atoms with van der Waals surface area (Å²) in [5, 5.41) is 11.7. The van der Waals surface area contributed by atoms with E-state index in [4.69, 9.17) is 5.10 Å². The Morgan fingerprint density at radius 3 is 2.70 bits per heavy atom. The molecule has 1 aliphatic heterocycles. The average molecular weight is 421 g/mol. The number of benzene rings is 1. The number of anilines is 2. The zero-order valence-corrected chi connectivity index (χ0v) is 18.0. The molecule has 0 radical (unpaired) electrons. The van der Waals surface area contributed by atoms with Gasteiger partial charge in [-0.15, -0.1) is 5.10 Å². The standard InChI is InChI=1S/C22H24N6OS/c1-4-13-30-22-26-21-24-15(3)18(20(29)25-17-8-6-5-7-14(17)2)19(28(21)27-22)16-9-11-23-12-10-16/h5-12,19H,4,13H2,1-3H3,(H,25,29)(H,24,26,27). The van der Waals surface area contributed by atoms with Crippen LogP contribution in [0, 0.1) is 6.92 Å². The van der Waals surface area contributed by atoms with Gasteiger partial charge >= 0.3 is 0 Å². The molecule has 0 aliphatic carbocycles. The van der Waals surface area contributed by atoms with Crippen molar-refractivity contribution in [1.29, 1.82) is 0 Å². The van der Waals surface area contributed by atoms with Crippen molar-refractivity contribution in [2.45, 2.75) is 38.4 Å². The molecule has 0 bridgehead atoms. The summed E-state index contributed by atoms with van der Waals surface area (Å²) < 4.78 is 1.80. The van der Waals surface area contributed by atoms with E-state index in [0.29, 0.717) is 16.7 Å². The van der Waals surface area contributed by atoms with Gasteiger partial charge in [0.25, 0.3) is 5.91 Å². The van der Waals surface area contributed by atoms with Crippen molar-refractivity contribution in [3.8, 4) is 0 Å². The fraction of sp³-hybridized carbons (Fsp3) is 0.273. The average Bonchev–Trinajstić information content (AvgIpc) is 3.15. The van der Waals surface area contributed by atoms with Crippen LogP contribution in [-0.4, -0.2) is 31.4 Å². The number of amides is 1. The number of aryl methyl sites for hydroxylation is 1. The number of nitrogens with one attached hydrogen (secondary N) is 2. The Bertz CT molecular complexity index is 1090. The number of para-hydroxylation sites is 1. The zero-order chi connectivity index (χ0) is 21.1. The lowest BCUT2D eigenvalue weighted by atomic mass is 9.95. The van der Waals surface area contributed by atoms with E-state index in [0.717, 1.165) is 34.7 Å². The van der Waals surface area contributed by atoms with Crippen molar-refractivity contribution in [3.63, 3.8) is 0 Å². The molecule has 0 fully saturated rings. The monoisotopic (exact) mass is 420 g/mol. The summed E-state index contributed by atoms with van der Waals surface area (Å²) in [4.78, 5) is 22.2. The van der Waals surface area contributed by atoms with Crippen LogP contribution in [0.4, 0.5) is 11.6 Å². The Morgan fingerprint density at radius 2 is 1.97 bits per heavy atom. The van der Waals surface area contributed by atoms with E-state index in [2.05, 4.69) is 27.5 Å². The van der Waals surface area contributed by atoms with E-state index in [1.54, 1.807) is 28.8 Å². The molecule has 1 unspecified atom stereocenters. The van der Waals surface area contributed by atoms with Crippen LogP contribution < -0.4 is 10.6 Å². The maximum atomic E-state index is 13.4. The molecule has 154 valence electrons. The topological polar surface area (TPSA) is 84.7 Å². The lowest BCUT2D eigenvalue weighted by molar-refractivity contribution is -0.113. The van der Waals surface area contributed by atoms with Crippen molar-refractivity contribution in [2.24, 2.45) is 0 Å². The third-order valence-electron chi connectivity index (χ3n) is 4.93. The van der Waals surface area contributed by atoms with Crippen molar-refractivity contribution < 1.29 is 4.79 Å².